The van der Waals surface area contributed by atoms with Gasteiger partial charge in [-0.15, -0.1) is 11.3 Å². The molecule has 3 N–H and O–H groups in total. The van der Waals surface area contributed by atoms with E-state index in [9.17, 15) is 4.79 Å². The van der Waals surface area contributed by atoms with Crippen LogP contribution in [0.15, 0.2) is 40.9 Å². The number of thiazole rings is 1. The second-order valence-corrected chi connectivity index (χ2v) is 4.49. The number of aliphatic carboxylic acids is 1. The SMILES string of the molecule is O=C(O)C(=NO)c1csc(NCc2ccccc2)n1. The van der Waals surface area contributed by atoms with Gasteiger partial charge in [-0.1, -0.05) is 35.5 Å². The zero-order valence-corrected chi connectivity index (χ0v) is 10.6. The monoisotopic (exact) mass is 277 g/mol. The summed E-state index contributed by atoms with van der Waals surface area (Å²) in [6, 6.07) is 9.75. The van der Waals surface area contributed by atoms with E-state index in [4.69, 9.17) is 10.3 Å². The molecule has 7 heteroatoms. The van der Waals surface area contributed by atoms with Crippen LogP contribution in [0.5, 0.6) is 0 Å². The first-order valence-electron chi connectivity index (χ1n) is 5.39. The highest BCUT2D eigenvalue weighted by atomic mass is 32.1. The van der Waals surface area contributed by atoms with Crippen molar-refractivity contribution in [2.75, 3.05) is 5.32 Å². The van der Waals surface area contributed by atoms with E-state index < -0.39 is 11.7 Å². The minimum absolute atomic E-state index is 0.135. The third-order valence-electron chi connectivity index (χ3n) is 2.34. The van der Waals surface area contributed by atoms with Crippen molar-refractivity contribution in [3.63, 3.8) is 0 Å². The van der Waals surface area contributed by atoms with Gasteiger partial charge in [0.2, 0.25) is 5.71 Å². The Balaban J connectivity index is 2.04. The molecule has 0 atom stereocenters. The van der Waals surface area contributed by atoms with E-state index in [1.807, 2.05) is 30.3 Å². The molecular weight excluding hydrogens is 266 g/mol. The number of nitrogens with zero attached hydrogens (tertiary/aromatic N) is 2. The van der Waals surface area contributed by atoms with Gasteiger partial charge in [0.25, 0.3) is 0 Å². The van der Waals surface area contributed by atoms with Crippen LogP contribution in [0.2, 0.25) is 0 Å². The maximum absolute atomic E-state index is 10.8. The van der Waals surface area contributed by atoms with E-state index in [-0.39, 0.29) is 5.69 Å². The molecule has 0 saturated heterocycles. The molecule has 1 aromatic carbocycles. The Kier molecular flexibility index (Phi) is 4.09. The molecule has 0 fully saturated rings. The summed E-state index contributed by atoms with van der Waals surface area (Å²) in [7, 11) is 0. The number of benzene rings is 1. The van der Waals surface area contributed by atoms with Crippen molar-refractivity contribution >= 4 is 28.1 Å². The average Bonchev–Trinajstić information content (AvgIpc) is 2.87. The molecule has 6 nitrogen and oxygen atoms in total. The standard InChI is InChI=1S/C12H11N3O3S/c16-11(17)10(15-18)9-7-19-12(14-9)13-6-8-4-2-1-3-5-8/h1-5,7,18H,6H2,(H,13,14)(H,16,17). The smallest absolute Gasteiger partial charge is 0.360 e. The number of oxime groups is 1. The Hall–Kier alpha value is -2.41. The van der Waals surface area contributed by atoms with Gasteiger partial charge in [-0.2, -0.15) is 0 Å². The van der Waals surface area contributed by atoms with Gasteiger partial charge >= 0.3 is 5.97 Å². The van der Waals surface area contributed by atoms with E-state index in [2.05, 4.69) is 15.5 Å². The summed E-state index contributed by atoms with van der Waals surface area (Å²) in [4.78, 5) is 14.8. The number of hydrogen-bond acceptors (Lipinski definition) is 6. The lowest BCUT2D eigenvalue weighted by molar-refractivity contribution is -0.129. The fourth-order valence-electron chi connectivity index (χ4n) is 1.44. The predicted molar refractivity (Wildman–Crippen MR) is 71.8 cm³/mol. The largest absolute Gasteiger partial charge is 0.476 e. The first-order valence-corrected chi connectivity index (χ1v) is 6.27. The Morgan fingerprint density at radius 2 is 2.11 bits per heavy atom. The molecule has 0 aliphatic heterocycles. The fraction of sp³-hybridized carbons (Fsp3) is 0.0833. The molecule has 1 heterocycles. The molecule has 0 aliphatic carbocycles. The first kappa shape index (κ1) is 13.0. The summed E-state index contributed by atoms with van der Waals surface area (Å²) in [6.45, 7) is 0.590. The van der Waals surface area contributed by atoms with Crippen molar-refractivity contribution < 1.29 is 15.1 Å². The van der Waals surface area contributed by atoms with Crippen LogP contribution < -0.4 is 5.32 Å². The Morgan fingerprint density at radius 1 is 1.37 bits per heavy atom. The maximum atomic E-state index is 10.8. The highest BCUT2D eigenvalue weighted by molar-refractivity contribution is 7.14. The van der Waals surface area contributed by atoms with Gasteiger partial charge in [-0.25, -0.2) is 9.78 Å². The summed E-state index contributed by atoms with van der Waals surface area (Å²) in [5, 5.41) is 25.3. The van der Waals surface area contributed by atoms with Gasteiger partial charge in [-0.3, -0.25) is 0 Å². The Labute approximate surface area is 113 Å². The van der Waals surface area contributed by atoms with Crippen molar-refractivity contribution in [2.24, 2.45) is 5.16 Å². The van der Waals surface area contributed by atoms with Crippen LogP contribution >= 0.6 is 11.3 Å². The minimum atomic E-state index is -1.32. The maximum Gasteiger partial charge on any atom is 0.360 e. The number of nitrogens with one attached hydrogen (secondary N) is 1. The van der Waals surface area contributed by atoms with Gasteiger partial charge in [0.05, 0.1) is 0 Å². The van der Waals surface area contributed by atoms with Gasteiger partial charge in [0, 0.05) is 11.9 Å². The van der Waals surface area contributed by atoms with Crippen molar-refractivity contribution in [1.82, 2.24) is 4.98 Å². The van der Waals surface area contributed by atoms with Gasteiger partial charge < -0.3 is 15.6 Å². The van der Waals surface area contributed by atoms with Crippen LogP contribution in [0, 0.1) is 0 Å². The molecule has 0 spiro atoms. The number of anilines is 1. The normalized spacial score (nSPS) is 11.3. The number of hydrogen-bond donors (Lipinski definition) is 3. The summed E-state index contributed by atoms with van der Waals surface area (Å²) in [5.41, 5.74) is 0.758. The van der Waals surface area contributed by atoms with Crippen LogP contribution in [0.25, 0.3) is 0 Å². The summed E-state index contributed by atoms with van der Waals surface area (Å²) in [6.07, 6.45) is 0. The Bertz CT molecular complexity index is 595. The average molecular weight is 277 g/mol. The van der Waals surface area contributed by atoms with Gasteiger partial charge in [0.15, 0.2) is 5.13 Å². The summed E-state index contributed by atoms with van der Waals surface area (Å²) < 4.78 is 0. The zero-order chi connectivity index (χ0) is 13.7. The zero-order valence-electron chi connectivity index (χ0n) is 9.78. The van der Waals surface area contributed by atoms with Crippen LogP contribution in [0.1, 0.15) is 11.3 Å². The van der Waals surface area contributed by atoms with E-state index in [1.54, 1.807) is 0 Å². The molecule has 2 rings (SSSR count). The van der Waals surface area contributed by atoms with Crippen molar-refractivity contribution in [3.05, 3.63) is 47.0 Å². The van der Waals surface area contributed by atoms with E-state index in [1.165, 1.54) is 16.7 Å². The second kappa shape index (κ2) is 5.96. The number of carboxylic acids is 1. The van der Waals surface area contributed by atoms with Crippen molar-refractivity contribution in [3.8, 4) is 0 Å². The number of carbonyl (C=O) groups is 1. The van der Waals surface area contributed by atoms with Crippen LogP contribution in [0.4, 0.5) is 5.13 Å². The lowest BCUT2D eigenvalue weighted by Gasteiger charge is -2.01. The molecule has 0 aliphatic rings. The number of carboxylic acid groups (broad SMARTS) is 1. The summed E-state index contributed by atoms with van der Waals surface area (Å²) in [5.74, 6) is -1.32. The minimum Gasteiger partial charge on any atom is -0.476 e. The number of rotatable bonds is 5. The second-order valence-electron chi connectivity index (χ2n) is 3.63. The fourth-order valence-corrected chi connectivity index (χ4v) is 2.13. The molecule has 0 saturated carbocycles. The van der Waals surface area contributed by atoms with E-state index in [0.717, 1.165) is 5.56 Å². The molecule has 0 amide bonds. The van der Waals surface area contributed by atoms with Crippen LogP contribution in [-0.4, -0.2) is 27.0 Å². The highest BCUT2D eigenvalue weighted by Crippen LogP contribution is 2.17. The first-order chi connectivity index (χ1) is 9.20. The van der Waals surface area contributed by atoms with Crippen molar-refractivity contribution in [2.45, 2.75) is 6.54 Å². The molecular formula is C12H11N3O3S. The van der Waals surface area contributed by atoms with Gasteiger partial charge in [-0.05, 0) is 5.56 Å². The molecule has 0 radical (unpaired) electrons. The molecule has 19 heavy (non-hydrogen) atoms. The predicted octanol–water partition coefficient (Wildman–Crippen LogP) is 2.02. The van der Waals surface area contributed by atoms with E-state index in [0.29, 0.717) is 11.7 Å². The quantitative estimate of drug-likeness (QED) is 0.441. The van der Waals surface area contributed by atoms with Crippen LogP contribution in [-0.2, 0) is 11.3 Å². The summed E-state index contributed by atoms with van der Waals surface area (Å²) >= 11 is 1.25. The topological polar surface area (TPSA) is 94.8 Å². The molecule has 98 valence electrons. The van der Waals surface area contributed by atoms with Gasteiger partial charge in [0.1, 0.15) is 5.69 Å². The van der Waals surface area contributed by atoms with Crippen molar-refractivity contribution in [1.29, 1.82) is 0 Å². The highest BCUT2D eigenvalue weighted by Gasteiger charge is 2.16. The Morgan fingerprint density at radius 3 is 2.74 bits per heavy atom. The molecule has 0 bridgehead atoms. The third-order valence-corrected chi connectivity index (χ3v) is 3.14. The lowest BCUT2D eigenvalue weighted by atomic mass is 10.2. The molecule has 0 unspecified atom stereocenters. The molecule has 1 aromatic heterocycles. The number of aromatic nitrogens is 1. The van der Waals surface area contributed by atoms with Crippen LogP contribution in [0.3, 0.4) is 0 Å². The molecule has 2 aromatic rings. The lowest BCUT2D eigenvalue weighted by Crippen LogP contribution is -2.14. The van der Waals surface area contributed by atoms with E-state index >= 15 is 0 Å². The third kappa shape index (κ3) is 3.29.